The number of hydrogen-bond acceptors (Lipinski definition) is 4. The highest BCUT2D eigenvalue weighted by Crippen LogP contribution is 2.16. The Morgan fingerprint density at radius 1 is 0.964 bits per heavy atom. The molecule has 0 atom stereocenters. The largest absolute Gasteiger partial charge is 0.492 e. The number of unbranched alkanes of at least 4 members (excludes halogenated alkanes) is 5. The molecule has 0 radical (unpaired) electrons. The molecule has 28 heavy (non-hydrogen) atoms. The van der Waals surface area contributed by atoms with Gasteiger partial charge in [0, 0.05) is 12.2 Å². The average molecular weight is 413 g/mol. The van der Waals surface area contributed by atoms with Crippen molar-refractivity contribution in [3.05, 3.63) is 24.3 Å². The Labute approximate surface area is 176 Å². The lowest BCUT2D eigenvalue weighted by Crippen LogP contribution is -2.33. The molecule has 1 fully saturated rings. The van der Waals surface area contributed by atoms with E-state index < -0.39 is 0 Å². The first-order valence-corrected chi connectivity index (χ1v) is 10.7. The SMILES string of the molecule is CCCCCCCCOC(=O)Nc1ccc(OCCN2CCCCC2)cc1.Cl. The number of likely N-dealkylation sites (tertiary alicyclic amines) is 1. The van der Waals surface area contributed by atoms with Crippen LogP contribution in [0.4, 0.5) is 10.5 Å². The number of hydrogen-bond donors (Lipinski definition) is 1. The number of nitrogens with one attached hydrogen (secondary N) is 1. The molecule has 1 N–H and O–H groups in total. The molecule has 0 saturated carbocycles. The number of anilines is 1. The van der Waals surface area contributed by atoms with Gasteiger partial charge in [-0.05, 0) is 56.6 Å². The first-order chi connectivity index (χ1) is 13.3. The summed E-state index contributed by atoms with van der Waals surface area (Å²) < 4.78 is 11.0. The summed E-state index contributed by atoms with van der Waals surface area (Å²) in [5, 5.41) is 2.76. The van der Waals surface area contributed by atoms with Crippen molar-refractivity contribution in [2.24, 2.45) is 0 Å². The summed E-state index contributed by atoms with van der Waals surface area (Å²) in [5.41, 5.74) is 0.728. The summed E-state index contributed by atoms with van der Waals surface area (Å²) in [6.07, 6.45) is 10.7. The third kappa shape index (κ3) is 10.8. The Hall–Kier alpha value is -1.46. The number of carbonyl (C=O) groups excluding carboxylic acids is 1. The topological polar surface area (TPSA) is 50.8 Å². The number of halogens is 1. The summed E-state index contributed by atoms with van der Waals surface area (Å²) >= 11 is 0. The van der Waals surface area contributed by atoms with E-state index in [0.29, 0.717) is 13.2 Å². The Bertz CT molecular complexity index is 519. The smallest absolute Gasteiger partial charge is 0.411 e. The van der Waals surface area contributed by atoms with E-state index in [1.54, 1.807) is 0 Å². The lowest BCUT2D eigenvalue weighted by atomic mass is 10.1. The molecule has 1 amide bonds. The van der Waals surface area contributed by atoms with E-state index in [1.807, 2.05) is 24.3 Å². The van der Waals surface area contributed by atoms with Gasteiger partial charge < -0.3 is 9.47 Å². The van der Waals surface area contributed by atoms with Gasteiger partial charge in [-0.3, -0.25) is 10.2 Å². The number of nitrogens with zero attached hydrogens (tertiary/aromatic N) is 1. The summed E-state index contributed by atoms with van der Waals surface area (Å²) in [6.45, 7) is 6.75. The maximum atomic E-state index is 11.8. The van der Waals surface area contributed by atoms with Crippen LogP contribution < -0.4 is 10.1 Å². The fourth-order valence-electron chi connectivity index (χ4n) is 3.31. The monoisotopic (exact) mass is 412 g/mol. The Balaban J connectivity index is 0.00000392. The highest BCUT2D eigenvalue weighted by atomic mass is 35.5. The second-order valence-electron chi connectivity index (χ2n) is 7.30. The number of rotatable bonds is 12. The minimum absolute atomic E-state index is 0. The molecule has 0 aliphatic carbocycles. The number of piperidine rings is 1. The highest BCUT2D eigenvalue weighted by molar-refractivity contribution is 5.85. The minimum atomic E-state index is -0.387. The van der Waals surface area contributed by atoms with Crippen molar-refractivity contribution >= 4 is 24.2 Å². The molecule has 160 valence electrons. The molecule has 1 saturated heterocycles. The zero-order chi connectivity index (χ0) is 19.2. The van der Waals surface area contributed by atoms with Crippen LogP contribution in [0.25, 0.3) is 0 Å². The lowest BCUT2D eigenvalue weighted by Gasteiger charge is -2.26. The number of carbonyl (C=O) groups is 1. The normalized spacial score (nSPS) is 14.2. The van der Waals surface area contributed by atoms with Crippen LogP contribution in [-0.2, 0) is 4.74 Å². The van der Waals surface area contributed by atoms with Gasteiger partial charge in [0.05, 0.1) is 6.61 Å². The summed E-state index contributed by atoms with van der Waals surface area (Å²) in [4.78, 5) is 14.3. The zero-order valence-corrected chi connectivity index (χ0v) is 18.1. The van der Waals surface area contributed by atoms with Gasteiger partial charge in [0.2, 0.25) is 0 Å². The van der Waals surface area contributed by atoms with Gasteiger partial charge in [-0.2, -0.15) is 0 Å². The lowest BCUT2D eigenvalue weighted by molar-refractivity contribution is 0.159. The molecule has 6 heteroatoms. The van der Waals surface area contributed by atoms with Crippen molar-refractivity contribution < 1.29 is 14.3 Å². The first-order valence-electron chi connectivity index (χ1n) is 10.7. The van der Waals surface area contributed by atoms with Crippen LogP contribution in [0, 0.1) is 0 Å². The van der Waals surface area contributed by atoms with E-state index in [4.69, 9.17) is 9.47 Å². The van der Waals surface area contributed by atoms with Gasteiger partial charge in [0.15, 0.2) is 0 Å². The average Bonchev–Trinajstić information content (AvgIpc) is 2.69. The fourth-order valence-corrected chi connectivity index (χ4v) is 3.31. The second-order valence-corrected chi connectivity index (χ2v) is 7.30. The molecule has 1 aliphatic rings. The Morgan fingerprint density at radius 2 is 1.64 bits per heavy atom. The molecule has 0 spiro atoms. The van der Waals surface area contributed by atoms with Crippen LogP contribution in [0.2, 0.25) is 0 Å². The number of ether oxygens (including phenoxy) is 2. The molecule has 0 unspecified atom stereocenters. The molecular weight excluding hydrogens is 376 g/mol. The molecule has 0 bridgehead atoms. The molecule has 1 heterocycles. The van der Waals surface area contributed by atoms with Crippen molar-refractivity contribution in [2.45, 2.75) is 64.7 Å². The molecule has 1 aliphatic heterocycles. The van der Waals surface area contributed by atoms with E-state index in [-0.39, 0.29) is 18.5 Å². The quantitative estimate of drug-likeness (QED) is 0.435. The van der Waals surface area contributed by atoms with Gasteiger partial charge in [-0.25, -0.2) is 4.79 Å². The van der Waals surface area contributed by atoms with Crippen molar-refractivity contribution in [2.75, 3.05) is 38.2 Å². The van der Waals surface area contributed by atoms with E-state index >= 15 is 0 Å². The molecule has 2 rings (SSSR count). The maximum absolute atomic E-state index is 11.8. The van der Waals surface area contributed by atoms with Crippen molar-refractivity contribution in [1.82, 2.24) is 4.90 Å². The van der Waals surface area contributed by atoms with Gasteiger partial charge >= 0.3 is 6.09 Å². The highest BCUT2D eigenvalue weighted by Gasteiger charge is 2.09. The molecule has 1 aromatic rings. The molecular formula is C22H37ClN2O3. The number of benzene rings is 1. The summed E-state index contributed by atoms with van der Waals surface area (Å²) in [6, 6.07) is 7.48. The third-order valence-electron chi connectivity index (χ3n) is 4.96. The summed E-state index contributed by atoms with van der Waals surface area (Å²) in [7, 11) is 0. The minimum Gasteiger partial charge on any atom is -0.492 e. The van der Waals surface area contributed by atoms with Gasteiger partial charge in [-0.15, -0.1) is 12.4 Å². The molecule has 1 aromatic carbocycles. The molecule has 5 nitrogen and oxygen atoms in total. The standard InChI is InChI=1S/C22H36N2O3.ClH/c1-2-3-4-5-6-10-18-27-22(25)23-20-11-13-21(14-12-20)26-19-17-24-15-8-7-9-16-24;/h11-14H,2-10,15-19H2,1H3,(H,23,25);1H. The van der Waals surface area contributed by atoms with Crippen LogP contribution >= 0.6 is 12.4 Å². The van der Waals surface area contributed by atoms with Crippen LogP contribution in [0.3, 0.4) is 0 Å². The van der Waals surface area contributed by atoms with Gasteiger partial charge in [-0.1, -0.05) is 45.4 Å². The van der Waals surface area contributed by atoms with Crippen LogP contribution in [0.15, 0.2) is 24.3 Å². The van der Waals surface area contributed by atoms with Gasteiger partial charge in [0.25, 0.3) is 0 Å². The van der Waals surface area contributed by atoms with E-state index in [0.717, 1.165) is 30.8 Å². The first kappa shape index (κ1) is 24.6. The van der Waals surface area contributed by atoms with Crippen molar-refractivity contribution in [3.8, 4) is 5.75 Å². The fraction of sp³-hybridized carbons (Fsp3) is 0.682. The van der Waals surface area contributed by atoms with Crippen molar-refractivity contribution in [1.29, 1.82) is 0 Å². The van der Waals surface area contributed by atoms with Crippen LogP contribution in [0.1, 0.15) is 64.7 Å². The van der Waals surface area contributed by atoms with Crippen molar-refractivity contribution in [3.63, 3.8) is 0 Å². The number of amides is 1. The Kier molecular flexibility index (Phi) is 13.6. The Morgan fingerprint density at radius 3 is 2.36 bits per heavy atom. The second kappa shape index (κ2) is 15.5. The zero-order valence-electron chi connectivity index (χ0n) is 17.3. The maximum Gasteiger partial charge on any atom is 0.411 e. The van der Waals surface area contributed by atoms with E-state index in [2.05, 4.69) is 17.1 Å². The predicted octanol–water partition coefficient (Wildman–Crippen LogP) is 5.88. The summed E-state index contributed by atoms with van der Waals surface area (Å²) in [5.74, 6) is 0.831. The van der Waals surface area contributed by atoms with Crippen LogP contribution in [-0.4, -0.2) is 43.8 Å². The predicted molar refractivity (Wildman–Crippen MR) is 118 cm³/mol. The van der Waals surface area contributed by atoms with E-state index in [1.165, 1.54) is 58.0 Å². The van der Waals surface area contributed by atoms with Gasteiger partial charge in [0.1, 0.15) is 12.4 Å². The molecule has 0 aromatic heterocycles. The van der Waals surface area contributed by atoms with Crippen LogP contribution in [0.5, 0.6) is 5.75 Å². The van der Waals surface area contributed by atoms with E-state index in [9.17, 15) is 4.79 Å². The third-order valence-corrected chi connectivity index (χ3v) is 4.96.